The van der Waals surface area contributed by atoms with Gasteiger partial charge in [0.2, 0.25) is 0 Å². The fraction of sp³-hybridized carbons (Fsp3) is 0.471. The van der Waals surface area contributed by atoms with Gasteiger partial charge >= 0.3 is 0 Å². The maximum atomic E-state index is 14.0. The summed E-state index contributed by atoms with van der Waals surface area (Å²) < 4.78 is 15.6. The molecule has 0 spiro atoms. The van der Waals surface area contributed by atoms with Gasteiger partial charge in [-0.15, -0.1) is 5.10 Å². The molecule has 2 heterocycles. The number of amides is 1. The number of carbonyl (C=O) groups excluding carboxylic acids is 1. The highest BCUT2D eigenvalue weighted by Crippen LogP contribution is 2.23. The summed E-state index contributed by atoms with van der Waals surface area (Å²) in [4.78, 5) is 14.6. The molecule has 0 saturated carbocycles. The fourth-order valence-electron chi connectivity index (χ4n) is 3.18. The van der Waals surface area contributed by atoms with Crippen LogP contribution in [0.15, 0.2) is 24.3 Å². The van der Waals surface area contributed by atoms with E-state index in [1.807, 2.05) is 17.9 Å². The smallest absolute Gasteiger partial charge is 0.271 e. The summed E-state index contributed by atoms with van der Waals surface area (Å²) in [7, 11) is 0. The van der Waals surface area contributed by atoms with Gasteiger partial charge in [-0.25, -0.2) is 9.07 Å². The number of benzene rings is 1. The van der Waals surface area contributed by atoms with Crippen LogP contribution >= 0.6 is 0 Å². The average Bonchev–Trinajstić information content (AvgIpc) is 2.96. The standard InChI is InChI=1S/C17H22FN5O/c1-3-23-16(12(2)20-21-23)17(24)19-13-7-6-10-22(11-13)15-9-5-4-8-14(15)18/h4-5,8-9,13H,3,6-7,10-11H2,1-2H3,(H,19,24). The summed E-state index contributed by atoms with van der Waals surface area (Å²) in [6.45, 7) is 5.68. The van der Waals surface area contributed by atoms with Crippen molar-refractivity contribution in [1.29, 1.82) is 0 Å². The molecule has 1 aromatic carbocycles. The van der Waals surface area contributed by atoms with Crippen LogP contribution in [0.5, 0.6) is 0 Å². The predicted octanol–water partition coefficient (Wildman–Crippen LogP) is 2.14. The number of aromatic nitrogens is 3. The van der Waals surface area contributed by atoms with Gasteiger partial charge in [0.05, 0.1) is 11.4 Å². The van der Waals surface area contributed by atoms with Crippen molar-refractivity contribution in [2.75, 3.05) is 18.0 Å². The highest BCUT2D eigenvalue weighted by atomic mass is 19.1. The third kappa shape index (κ3) is 3.25. The van der Waals surface area contributed by atoms with Crippen molar-refractivity contribution in [2.24, 2.45) is 0 Å². The third-order valence-corrected chi connectivity index (χ3v) is 4.37. The van der Waals surface area contributed by atoms with Crippen molar-refractivity contribution in [2.45, 2.75) is 39.3 Å². The molecule has 1 aromatic heterocycles. The molecular formula is C17H22FN5O. The summed E-state index contributed by atoms with van der Waals surface area (Å²) in [5.74, 6) is -0.395. The number of carbonyl (C=O) groups is 1. The number of nitrogens with one attached hydrogen (secondary N) is 1. The first-order valence-electron chi connectivity index (χ1n) is 8.30. The van der Waals surface area contributed by atoms with Crippen molar-refractivity contribution in [3.63, 3.8) is 0 Å². The van der Waals surface area contributed by atoms with Gasteiger partial charge in [0.1, 0.15) is 11.5 Å². The maximum Gasteiger partial charge on any atom is 0.271 e. The van der Waals surface area contributed by atoms with E-state index >= 15 is 0 Å². The van der Waals surface area contributed by atoms with Gasteiger partial charge in [0.15, 0.2) is 0 Å². The van der Waals surface area contributed by atoms with Crippen LogP contribution in [0.25, 0.3) is 0 Å². The van der Waals surface area contributed by atoms with Gasteiger partial charge in [-0.1, -0.05) is 17.3 Å². The zero-order valence-electron chi connectivity index (χ0n) is 14.0. The van der Waals surface area contributed by atoms with E-state index in [1.54, 1.807) is 23.7 Å². The minimum absolute atomic E-state index is 0.0227. The van der Waals surface area contributed by atoms with Crippen LogP contribution in [0.3, 0.4) is 0 Å². The van der Waals surface area contributed by atoms with Crippen molar-refractivity contribution in [3.8, 4) is 0 Å². The van der Waals surface area contributed by atoms with Crippen LogP contribution in [-0.2, 0) is 6.54 Å². The minimum atomic E-state index is -0.228. The zero-order chi connectivity index (χ0) is 17.1. The van der Waals surface area contributed by atoms with E-state index in [-0.39, 0.29) is 17.8 Å². The normalized spacial score (nSPS) is 17.8. The zero-order valence-corrected chi connectivity index (χ0v) is 14.0. The Morgan fingerprint density at radius 2 is 2.21 bits per heavy atom. The lowest BCUT2D eigenvalue weighted by atomic mass is 10.0. The van der Waals surface area contributed by atoms with E-state index in [4.69, 9.17) is 0 Å². The lowest BCUT2D eigenvalue weighted by Gasteiger charge is -2.34. The lowest BCUT2D eigenvalue weighted by molar-refractivity contribution is 0.0921. The number of anilines is 1. The fourth-order valence-corrected chi connectivity index (χ4v) is 3.18. The van der Waals surface area contributed by atoms with Crippen LogP contribution < -0.4 is 10.2 Å². The van der Waals surface area contributed by atoms with Gasteiger partial charge in [-0.3, -0.25) is 4.79 Å². The molecule has 1 amide bonds. The van der Waals surface area contributed by atoms with E-state index in [2.05, 4.69) is 15.6 Å². The highest BCUT2D eigenvalue weighted by molar-refractivity contribution is 5.93. The number of aryl methyl sites for hydroxylation is 2. The van der Waals surface area contributed by atoms with Gasteiger partial charge in [-0.2, -0.15) is 0 Å². The Hall–Kier alpha value is -2.44. The number of piperidine rings is 1. The average molecular weight is 331 g/mol. The molecule has 24 heavy (non-hydrogen) atoms. The van der Waals surface area contributed by atoms with E-state index in [0.29, 0.717) is 30.2 Å². The number of halogens is 1. The molecule has 2 aromatic rings. The summed E-state index contributed by atoms with van der Waals surface area (Å²) >= 11 is 0. The van der Waals surface area contributed by atoms with Crippen LogP contribution in [0.1, 0.15) is 35.9 Å². The van der Waals surface area contributed by atoms with Crippen molar-refractivity contribution < 1.29 is 9.18 Å². The van der Waals surface area contributed by atoms with E-state index in [9.17, 15) is 9.18 Å². The molecule has 1 aliphatic rings. The molecule has 6 nitrogen and oxygen atoms in total. The quantitative estimate of drug-likeness (QED) is 0.932. The Bertz CT molecular complexity index is 730. The molecule has 128 valence electrons. The van der Waals surface area contributed by atoms with E-state index in [0.717, 1.165) is 19.4 Å². The SMILES string of the molecule is CCn1nnc(C)c1C(=O)NC1CCCN(c2ccccc2F)C1. The maximum absolute atomic E-state index is 14.0. The molecule has 1 N–H and O–H groups in total. The molecule has 1 saturated heterocycles. The molecule has 0 bridgehead atoms. The number of nitrogens with zero attached hydrogens (tertiary/aromatic N) is 4. The lowest BCUT2D eigenvalue weighted by Crippen LogP contribution is -2.48. The Morgan fingerprint density at radius 1 is 1.42 bits per heavy atom. The molecule has 7 heteroatoms. The Morgan fingerprint density at radius 3 is 2.96 bits per heavy atom. The van der Waals surface area contributed by atoms with E-state index in [1.165, 1.54) is 6.07 Å². The number of hydrogen-bond acceptors (Lipinski definition) is 4. The molecule has 0 aliphatic carbocycles. The van der Waals surface area contributed by atoms with Crippen LogP contribution in [0, 0.1) is 12.7 Å². The first-order chi connectivity index (χ1) is 11.6. The molecule has 0 radical (unpaired) electrons. The Balaban J connectivity index is 1.70. The van der Waals surface area contributed by atoms with E-state index < -0.39 is 0 Å². The summed E-state index contributed by atoms with van der Waals surface area (Å²) in [5, 5.41) is 11.0. The van der Waals surface area contributed by atoms with Gasteiger partial charge in [-0.05, 0) is 38.8 Å². The van der Waals surface area contributed by atoms with Crippen LogP contribution in [0.4, 0.5) is 10.1 Å². The largest absolute Gasteiger partial charge is 0.367 e. The number of hydrogen-bond donors (Lipinski definition) is 1. The predicted molar refractivity (Wildman–Crippen MR) is 89.5 cm³/mol. The van der Waals surface area contributed by atoms with Crippen molar-refractivity contribution in [1.82, 2.24) is 20.3 Å². The first-order valence-corrected chi connectivity index (χ1v) is 8.30. The summed E-state index contributed by atoms with van der Waals surface area (Å²) in [6, 6.07) is 6.73. The molecule has 1 unspecified atom stereocenters. The van der Waals surface area contributed by atoms with Gasteiger partial charge in [0, 0.05) is 25.7 Å². The summed E-state index contributed by atoms with van der Waals surface area (Å²) in [6.07, 6.45) is 1.78. The monoisotopic (exact) mass is 331 g/mol. The number of para-hydroxylation sites is 1. The first kappa shape index (κ1) is 16.4. The van der Waals surface area contributed by atoms with Crippen LogP contribution in [0.2, 0.25) is 0 Å². The minimum Gasteiger partial charge on any atom is -0.367 e. The van der Waals surface area contributed by atoms with Crippen LogP contribution in [-0.4, -0.2) is 40.0 Å². The molecule has 1 fully saturated rings. The second-order valence-corrected chi connectivity index (χ2v) is 6.05. The molecule has 1 aliphatic heterocycles. The number of rotatable bonds is 4. The van der Waals surface area contributed by atoms with Gasteiger partial charge in [0.25, 0.3) is 5.91 Å². The molecular weight excluding hydrogens is 309 g/mol. The topological polar surface area (TPSA) is 63.1 Å². The highest BCUT2D eigenvalue weighted by Gasteiger charge is 2.25. The molecule has 3 rings (SSSR count). The Kier molecular flexibility index (Phi) is 4.78. The van der Waals surface area contributed by atoms with Gasteiger partial charge < -0.3 is 10.2 Å². The second-order valence-electron chi connectivity index (χ2n) is 6.05. The Labute approximate surface area is 140 Å². The molecule has 1 atom stereocenters. The third-order valence-electron chi connectivity index (χ3n) is 4.37. The second kappa shape index (κ2) is 6.98. The van der Waals surface area contributed by atoms with Crippen molar-refractivity contribution in [3.05, 3.63) is 41.5 Å². The van der Waals surface area contributed by atoms with Crippen molar-refractivity contribution >= 4 is 11.6 Å². The summed E-state index contributed by atoms with van der Waals surface area (Å²) in [5.41, 5.74) is 1.71.